The van der Waals surface area contributed by atoms with Crippen molar-refractivity contribution in [3.05, 3.63) is 75.6 Å². The Morgan fingerprint density at radius 3 is 2.59 bits per heavy atom. The second-order valence-electron chi connectivity index (χ2n) is 6.98. The number of morpholine rings is 1. The number of H-pyrrole nitrogens is 1. The predicted molar refractivity (Wildman–Crippen MR) is 110 cm³/mol. The number of ether oxygens (including phenoxy) is 1. The molecule has 4 rings (SSSR count). The fraction of sp³-hybridized carbons (Fsp3) is 0.227. The van der Waals surface area contributed by atoms with Crippen molar-refractivity contribution in [3.8, 4) is 0 Å². The van der Waals surface area contributed by atoms with Crippen LogP contribution in [0.25, 0.3) is 10.9 Å². The van der Waals surface area contributed by atoms with E-state index in [4.69, 9.17) is 4.74 Å². The van der Waals surface area contributed by atoms with Gasteiger partial charge in [-0.05, 0) is 30.7 Å². The fourth-order valence-electron chi connectivity index (χ4n) is 3.46. The van der Waals surface area contributed by atoms with Crippen molar-refractivity contribution >= 4 is 28.4 Å². The number of nitrogens with zero attached hydrogens (tertiary/aromatic N) is 1. The van der Waals surface area contributed by atoms with Crippen LogP contribution in [0.1, 0.15) is 26.3 Å². The number of carbonyl (C=O) groups is 2. The number of aromatic nitrogens is 1. The molecule has 0 aliphatic carbocycles. The van der Waals surface area contributed by atoms with Crippen LogP contribution in [-0.2, 0) is 4.74 Å². The predicted octanol–water partition coefficient (Wildman–Crippen LogP) is 2.56. The van der Waals surface area contributed by atoms with E-state index in [1.54, 1.807) is 41.3 Å². The Morgan fingerprint density at radius 1 is 1.03 bits per heavy atom. The van der Waals surface area contributed by atoms with E-state index in [2.05, 4.69) is 10.3 Å². The summed E-state index contributed by atoms with van der Waals surface area (Å²) < 4.78 is 5.31. The van der Waals surface area contributed by atoms with Crippen LogP contribution in [0, 0.1) is 6.92 Å². The van der Waals surface area contributed by atoms with Crippen molar-refractivity contribution in [1.29, 1.82) is 0 Å². The summed E-state index contributed by atoms with van der Waals surface area (Å²) >= 11 is 0. The lowest BCUT2D eigenvalue weighted by Gasteiger charge is -2.27. The summed E-state index contributed by atoms with van der Waals surface area (Å²) in [5.74, 6) is -0.482. The van der Waals surface area contributed by atoms with E-state index in [0.29, 0.717) is 48.5 Å². The molecule has 2 heterocycles. The number of hydrogen-bond acceptors (Lipinski definition) is 4. The topological polar surface area (TPSA) is 91.5 Å². The number of pyridine rings is 1. The summed E-state index contributed by atoms with van der Waals surface area (Å²) in [6, 6.07) is 13.6. The maximum absolute atomic E-state index is 12.9. The molecule has 1 aromatic heterocycles. The van der Waals surface area contributed by atoms with E-state index < -0.39 is 5.91 Å². The number of rotatable bonds is 3. The van der Waals surface area contributed by atoms with E-state index in [0.717, 1.165) is 5.56 Å². The molecule has 0 unspecified atom stereocenters. The Kier molecular flexibility index (Phi) is 5.14. The number of para-hydroxylation sites is 1. The molecule has 0 saturated carbocycles. The molecule has 29 heavy (non-hydrogen) atoms. The van der Waals surface area contributed by atoms with Gasteiger partial charge in [-0.1, -0.05) is 24.3 Å². The van der Waals surface area contributed by atoms with E-state index in [9.17, 15) is 14.4 Å². The average molecular weight is 391 g/mol. The molecule has 7 nitrogen and oxygen atoms in total. The highest BCUT2D eigenvalue weighted by Crippen LogP contribution is 2.20. The van der Waals surface area contributed by atoms with Crippen LogP contribution < -0.4 is 10.9 Å². The van der Waals surface area contributed by atoms with Gasteiger partial charge in [0.1, 0.15) is 0 Å². The van der Waals surface area contributed by atoms with Crippen LogP contribution in [0.15, 0.2) is 53.3 Å². The molecule has 2 N–H and O–H groups in total. The first kappa shape index (κ1) is 18.9. The lowest BCUT2D eigenvalue weighted by Crippen LogP contribution is -2.41. The molecule has 3 aromatic rings. The standard InChI is InChI=1S/C22H21N3O4/c1-14-6-7-15(12-17(14)22(28)25-8-10-29-11-9-25)23-21(27)18-13-20(26)24-19-5-3-2-4-16(18)19/h2-7,12-13H,8-11H2,1H3,(H,23,27)(H,24,26). The van der Waals surface area contributed by atoms with Crippen molar-refractivity contribution < 1.29 is 14.3 Å². The molecular formula is C22H21N3O4. The molecule has 1 fully saturated rings. The zero-order chi connectivity index (χ0) is 20.4. The monoisotopic (exact) mass is 391 g/mol. The molecule has 2 aromatic carbocycles. The highest BCUT2D eigenvalue weighted by Gasteiger charge is 2.21. The summed E-state index contributed by atoms with van der Waals surface area (Å²) in [7, 11) is 0. The Labute approximate surface area is 167 Å². The van der Waals surface area contributed by atoms with Gasteiger partial charge in [0.15, 0.2) is 0 Å². The lowest BCUT2D eigenvalue weighted by atomic mass is 10.1. The number of aromatic amines is 1. The normalized spacial score (nSPS) is 14.0. The minimum atomic E-state index is -0.402. The molecule has 0 spiro atoms. The van der Waals surface area contributed by atoms with Gasteiger partial charge in [0.2, 0.25) is 5.56 Å². The first-order chi connectivity index (χ1) is 14.0. The van der Waals surface area contributed by atoms with Gasteiger partial charge >= 0.3 is 0 Å². The molecule has 2 amide bonds. The van der Waals surface area contributed by atoms with Gasteiger partial charge in [-0.3, -0.25) is 14.4 Å². The van der Waals surface area contributed by atoms with Gasteiger partial charge in [-0.25, -0.2) is 0 Å². The van der Waals surface area contributed by atoms with Crippen LogP contribution in [0.2, 0.25) is 0 Å². The second-order valence-corrected chi connectivity index (χ2v) is 6.98. The third-order valence-electron chi connectivity index (χ3n) is 5.02. The number of fused-ring (bicyclic) bond motifs is 1. The van der Waals surface area contributed by atoms with E-state index >= 15 is 0 Å². The summed E-state index contributed by atoms with van der Waals surface area (Å²) in [6.45, 7) is 4.01. The van der Waals surface area contributed by atoms with E-state index in [1.165, 1.54) is 6.07 Å². The van der Waals surface area contributed by atoms with Crippen molar-refractivity contribution in [2.75, 3.05) is 31.6 Å². The second kappa shape index (κ2) is 7.89. The third kappa shape index (κ3) is 3.90. The van der Waals surface area contributed by atoms with Crippen molar-refractivity contribution in [2.24, 2.45) is 0 Å². The van der Waals surface area contributed by atoms with Crippen molar-refractivity contribution in [1.82, 2.24) is 9.88 Å². The Hall–Kier alpha value is -3.45. The molecule has 0 bridgehead atoms. The number of hydrogen-bond donors (Lipinski definition) is 2. The van der Waals surface area contributed by atoms with Gasteiger partial charge in [0.25, 0.3) is 11.8 Å². The maximum Gasteiger partial charge on any atom is 0.256 e. The van der Waals surface area contributed by atoms with E-state index in [-0.39, 0.29) is 17.0 Å². The number of nitrogens with one attached hydrogen (secondary N) is 2. The van der Waals surface area contributed by atoms with Crippen LogP contribution in [-0.4, -0.2) is 48.0 Å². The van der Waals surface area contributed by atoms with Crippen LogP contribution in [0.5, 0.6) is 0 Å². The van der Waals surface area contributed by atoms with Gasteiger partial charge in [0, 0.05) is 41.3 Å². The zero-order valence-electron chi connectivity index (χ0n) is 16.0. The smallest absolute Gasteiger partial charge is 0.256 e. The summed E-state index contributed by atoms with van der Waals surface area (Å²) in [5.41, 5.74) is 2.41. The molecule has 0 atom stereocenters. The first-order valence-electron chi connectivity index (χ1n) is 9.44. The minimum absolute atomic E-state index is 0.0801. The first-order valence-corrected chi connectivity index (χ1v) is 9.44. The number of aryl methyl sites for hydroxylation is 1. The van der Waals surface area contributed by atoms with Gasteiger partial charge in [-0.15, -0.1) is 0 Å². The Bertz CT molecular complexity index is 1150. The number of amides is 2. The quantitative estimate of drug-likeness (QED) is 0.718. The molecular weight excluding hydrogens is 370 g/mol. The maximum atomic E-state index is 12.9. The largest absolute Gasteiger partial charge is 0.378 e. The van der Waals surface area contributed by atoms with Crippen molar-refractivity contribution in [2.45, 2.75) is 6.92 Å². The zero-order valence-corrected chi connectivity index (χ0v) is 16.0. The Morgan fingerprint density at radius 2 is 1.79 bits per heavy atom. The van der Waals surface area contributed by atoms with Crippen molar-refractivity contribution in [3.63, 3.8) is 0 Å². The van der Waals surface area contributed by atoms with Gasteiger partial charge < -0.3 is 19.9 Å². The highest BCUT2D eigenvalue weighted by molar-refractivity contribution is 6.12. The highest BCUT2D eigenvalue weighted by atomic mass is 16.5. The van der Waals surface area contributed by atoms with E-state index in [1.807, 2.05) is 13.0 Å². The average Bonchev–Trinajstić information content (AvgIpc) is 2.74. The van der Waals surface area contributed by atoms with Gasteiger partial charge in [-0.2, -0.15) is 0 Å². The van der Waals surface area contributed by atoms with Crippen LogP contribution in [0.3, 0.4) is 0 Å². The fourth-order valence-corrected chi connectivity index (χ4v) is 3.46. The number of benzene rings is 2. The summed E-state index contributed by atoms with van der Waals surface area (Å²) in [4.78, 5) is 42.1. The SMILES string of the molecule is Cc1ccc(NC(=O)c2cc(=O)[nH]c3ccccc23)cc1C(=O)N1CCOCC1. The number of anilines is 1. The molecule has 7 heteroatoms. The molecule has 1 aliphatic heterocycles. The van der Waals surface area contributed by atoms with Crippen LogP contribution in [0.4, 0.5) is 5.69 Å². The molecule has 1 saturated heterocycles. The third-order valence-corrected chi connectivity index (χ3v) is 5.02. The van der Waals surface area contributed by atoms with Crippen LogP contribution >= 0.6 is 0 Å². The number of carbonyl (C=O) groups excluding carboxylic acids is 2. The molecule has 148 valence electrons. The molecule has 1 aliphatic rings. The minimum Gasteiger partial charge on any atom is -0.378 e. The summed E-state index contributed by atoms with van der Waals surface area (Å²) in [5, 5.41) is 3.47. The summed E-state index contributed by atoms with van der Waals surface area (Å²) in [6.07, 6.45) is 0. The Balaban J connectivity index is 1.63. The van der Waals surface area contributed by atoms with Gasteiger partial charge in [0.05, 0.1) is 18.8 Å². The lowest BCUT2D eigenvalue weighted by molar-refractivity contribution is 0.0302. The molecule has 0 radical (unpaired) electrons.